The molecule has 140 valence electrons. The van der Waals surface area contributed by atoms with Crippen LogP contribution in [0.1, 0.15) is 38.2 Å². The van der Waals surface area contributed by atoms with Crippen LogP contribution in [0.15, 0.2) is 17.1 Å². The predicted octanol–water partition coefficient (Wildman–Crippen LogP) is 0.822. The Bertz CT molecular complexity index is 877. The topological polar surface area (TPSA) is 78.0 Å². The third-order valence-electron chi connectivity index (χ3n) is 5.33. The van der Waals surface area contributed by atoms with Crippen molar-refractivity contribution in [3.05, 3.63) is 34.3 Å². The lowest BCUT2D eigenvalue weighted by molar-refractivity contribution is -0.135. The lowest BCUT2D eigenvalue weighted by atomic mass is 10.1. The maximum absolute atomic E-state index is 12.9. The van der Waals surface area contributed by atoms with E-state index in [1.165, 1.54) is 0 Å². The van der Waals surface area contributed by atoms with E-state index < -0.39 is 0 Å². The molecule has 4 heterocycles. The molecular formula is C18H26N6O2. The summed E-state index contributed by atoms with van der Waals surface area (Å²) in [5.74, 6) is 1.27. The monoisotopic (exact) mass is 358 g/mol. The van der Waals surface area contributed by atoms with Gasteiger partial charge in [-0.15, -0.1) is 0 Å². The molecule has 8 heteroatoms. The number of aromatic nitrogens is 5. The normalized spacial score (nSPS) is 21.9. The van der Waals surface area contributed by atoms with Gasteiger partial charge >= 0.3 is 5.69 Å². The molecule has 2 unspecified atom stereocenters. The standard InChI is InChI=1S/C18H26N6O2/c1-12(2)9-23-18(26)22-10-15-5-4-14(8-16(22)20-23)24(15)17(25)11-21-7-6-13(3)19-21/h6-7,12,14-15H,4-5,8-11H2,1-3H3. The largest absolute Gasteiger partial charge is 0.345 e. The quantitative estimate of drug-likeness (QED) is 0.811. The minimum absolute atomic E-state index is 0.0450. The first kappa shape index (κ1) is 17.1. The highest BCUT2D eigenvalue weighted by atomic mass is 16.2. The van der Waals surface area contributed by atoms with Gasteiger partial charge in [0.25, 0.3) is 0 Å². The highest BCUT2D eigenvalue weighted by molar-refractivity contribution is 5.77. The van der Waals surface area contributed by atoms with Crippen molar-refractivity contribution in [3.63, 3.8) is 0 Å². The van der Waals surface area contributed by atoms with Crippen molar-refractivity contribution in [2.24, 2.45) is 5.92 Å². The van der Waals surface area contributed by atoms with Crippen LogP contribution in [0.4, 0.5) is 0 Å². The molecule has 2 bridgehead atoms. The van der Waals surface area contributed by atoms with E-state index >= 15 is 0 Å². The summed E-state index contributed by atoms with van der Waals surface area (Å²) in [5.41, 5.74) is 0.860. The molecular weight excluding hydrogens is 332 g/mol. The minimum Gasteiger partial charge on any atom is -0.333 e. The number of aryl methyl sites for hydroxylation is 1. The van der Waals surface area contributed by atoms with E-state index in [1.807, 2.05) is 24.1 Å². The van der Waals surface area contributed by atoms with Gasteiger partial charge in [-0.3, -0.25) is 14.0 Å². The average molecular weight is 358 g/mol. The Kier molecular flexibility index (Phi) is 4.20. The predicted molar refractivity (Wildman–Crippen MR) is 95.6 cm³/mol. The molecule has 2 atom stereocenters. The maximum Gasteiger partial charge on any atom is 0.345 e. The molecule has 2 aromatic rings. The van der Waals surface area contributed by atoms with Gasteiger partial charge in [-0.2, -0.15) is 10.2 Å². The summed E-state index contributed by atoms with van der Waals surface area (Å²) in [7, 11) is 0. The van der Waals surface area contributed by atoms with Gasteiger partial charge in [-0.05, 0) is 31.7 Å². The summed E-state index contributed by atoms with van der Waals surface area (Å²) in [5, 5.41) is 8.88. The molecule has 1 fully saturated rings. The number of hydrogen-bond donors (Lipinski definition) is 0. The van der Waals surface area contributed by atoms with Crippen molar-refractivity contribution in [1.82, 2.24) is 29.0 Å². The molecule has 8 nitrogen and oxygen atoms in total. The summed E-state index contributed by atoms with van der Waals surface area (Å²) in [4.78, 5) is 27.6. The van der Waals surface area contributed by atoms with Crippen molar-refractivity contribution in [2.45, 2.75) is 71.8 Å². The second-order valence-electron chi connectivity index (χ2n) is 7.93. The molecule has 0 aromatic carbocycles. The zero-order chi connectivity index (χ0) is 18.4. The molecule has 2 aliphatic heterocycles. The van der Waals surface area contributed by atoms with Gasteiger partial charge in [-0.25, -0.2) is 9.48 Å². The van der Waals surface area contributed by atoms with E-state index in [0.717, 1.165) is 24.4 Å². The molecule has 1 amide bonds. The zero-order valence-corrected chi connectivity index (χ0v) is 15.6. The Morgan fingerprint density at radius 1 is 1.27 bits per heavy atom. The molecule has 26 heavy (non-hydrogen) atoms. The Balaban J connectivity index is 1.56. The third-order valence-corrected chi connectivity index (χ3v) is 5.33. The fourth-order valence-electron chi connectivity index (χ4n) is 4.23. The van der Waals surface area contributed by atoms with Crippen molar-refractivity contribution < 1.29 is 4.79 Å². The van der Waals surface area contributed by atoms with Crippen LogP contribution in [0.5, 0.6) is 0 Å². The average Bonchev–Trinajstić information content (AvgIpc) is 3.18. The summed E-state index contributed by atoms with van der Waals surface area (Å²) in [6.45, 7) is 7.51. The van der Waals surface area contributed by atoms with E-state index in [9.17, 15) is 9.59 Å². The molecule has 0 saturated carbocycles. The molecule has 0 spiro atoms. The van der Waals surface area contributed by atoms with Gasteiger partial charge in [-0.1, -0.05) is 13.8 Å². The minimum atomic E-state index is -0.0450. The number of nitrogens with zero attached hydrogens (tertiary/aromatic N) is 6. The van der Waals surface area contributed by atoms with E-state index in [4.69, 9.17) is 0 Å². The van der Waals surface area contributed by atoms with E-state index in [0.29, 0.717) is 25.4 Å². The fourth-order valence-corrected chi connectivity index (χ4v) is 4.23. The van der Waals surface area contributed by atoms with Crippen molar-refractivity contribution in [3.8, 4) is 0 Å². The number of carbonyl (C=O) groups excluding carboxylic acids is 1. The highest BCUT2D eigenvalue weighted by Crippen LogP contribution is 2.30. The van der Waals surface area contributed by atoms with Crippen LogP contribution in [0.2, 0.25) is 0 Å². The van der Waals surface area contributed by atoms with E-state index in [1.54, 1.807) is 13.9 Å². The highest BCUT2D eigenvalue weighted by Gasteiger charge is 2.41. The summed E-state index contributed by atoms with van der Waals surface area (Å²) in [6, 6.07) is 2.09. The Hall–Kier alpha value is -2.38. The number of fused-ring (bicyclic) bond motifs is 3. The van der Waals surface area contributed by atoms with Crippen molar-refractivity contribution >= 4 is 5.91 Å². The van der Waals surface area contributed by atoms with Crippen LogP contribution in [0, 0.1) is 12.8 Å². The molecule has 2 aromatic heterocycles. The van der Waals surface area contributed by atoms with Gasteiger partial charge < -0.3 is 4.90 Å². The van der Waals surface area contributed by atoms with E-state index in [2.05, 4.69) is 24.0 Å². The van der Waals surface area contributed by atoms with Crippen LogP contribution >= 0.6 is 0 Å². The SMILES string of the molecule is Cc1ccn(CC(=O)N2C3CCC2Cn2c(nn(CC(C)C)c2=O)C3)n1. The maximum atomic E-state index is 12.9. The van der Waals surface area contributed by atoms with Gasteiger partial charge in [0.15, 0.2) is 0 Å². The Morgan fingerprint density at radius 2 is 2.04 bits per heavy atom. The Labute approximate surface area is 152 Å². The van der Waals surface area contributed by atoms with Gasteiger partial charge in [0.05, 0.1) is 11.7 Å². The second-order valence-corrected chi connectivity index (χ2v) is 7.93. The number of hydrogen-bond acceptors (Lipinski definition) is 4. The molecule has 2 aliphatic rings. The third kappa shape index (κ3) is 2.97. The molecule has 0 aliphatic carbocycles. The smallest absolute Gasteiger partial charge is 0.333 e. The molecule has 0 radical (unpaired) electrons. The summed E-state index contributed by atoms with van der Waals surface area (Å²) < 4.78 is 5.06. The zero-order valence-electron chi connectivity index (χ0n) is 15.6. The number of rotatable bonds is 4. The molecule has 4 rings (SSSR count). The van der Waals surface area contributed by atoms with Crippen LogP contribution in [0.3, 0.4) is 0 Å². The van der Waals surface area contributed by atoms with Crippen molar-refractivity contribution in [2.75, 3.05) is 0 Å². The Morgan fingerprint density at radius 3 is 2.73 bits per heavy atom. The molecule has 1 saturated heterocycles. The number of carbonyl (C=O) groups is 1. The molecule has 0 N–H and O–H groups in total. The summed E-state index contributed by atoms with van der Waals surface area (Å²) >= 11 is 0. The van der Waals surface area contributed by atoms with Crippen LogP contribution in [-0.2, 0) is 30.8 Å². The lowest BCUT2D eigenvalue weighted by Gasteiger charge is -2.28. The second kappa shape index (κ2) is 6.41. The fraction of sp³-hybridized carbons (Fsp3) is 0.667. The van der Waals surface area contributed by atoms with Crippen LogP contribution < -0.4 is 5.69 Å². The van der Waals surface area contributed by atoms with Gasteiger partial charge in [0.2, 0.25) is 5.91 Å². The van der Waals surface area contributed by atoms with Gasteiger partial charge in [0.1, 0.15) is 12.4 Å². The van der Waals surface area contributed by atoms with Crippen molar-refractivity contribution in [1.29, 1.82) is 0 Å². The summed E-state index contributed by atoms with van der Waals surface area (Å²) in [6.07, 6.45) is 4.40. The first-order valence-corrected chi connectivity index (χ1v) is 9.40. The number of amides is 1. The van der Waals surface area contributed by atoms with Crippen LogP contribution in [-0.4, -0.2) is 47.0 Å². The lowest BCUT2D eigenvalue weighted by Crippen LogP contribution is -2.44. The van der Waals surface area contributed by atoms with Gasteiger partial charge in [0, 0.05) is 31.7 Å². The van der Waals surface area contributed by atoms with E-state index in [-0.39, 0.29) is 30.2 Å². The first-order chi connectivity index (χ1) is 12.4. The first-order valence-electron chi connectivity index (χ1n) is 9.40. The van der Waals surface area contributed by atoms with Crippen LogP contribution in [0.25, 0.3) is 0 Å².